The van der Waals surface area contributed by atoms with Gasteiger partial charge in [-0.2, -0.15) is 0 Å². The summed E-state index contributed by atoms with van der Waals surface area (Å²) in [5, 5.41) is 1.10. The average Bonchev–Trinajstić information content (AvgIpc) is 2.93. The first-order valence-corrected chi connectivity index (χ1v) is 7.53. The minimum atomic E-state index is -0.452. The predicted octanol–water partition coefficient (Wildman–Crippen LogP) is 2.77. The van der Waals surface area contributed by atoms with E-state index in [0.717, 1.165) is 0 Å². The van der Waals surface area contributed by atoms with Gasteiger partial charge in [-0.15, -0.1) is 0 Å². The highest BCUT2D eigenvalue weighted by molar-refractivity contribution is 6.06. The molecule has 0 fully saturated rings. The number of ether oxygens (including phenoxy) is 2. The number of hydrogen-bond acceptors (Lipinski definition) is 4. The van der Waals surface area contributed by atoms with Gasteiger partial charge in [-0.05, 0) is 18.9 Å². The second-order valence-corrected chi connectivity index (χ2v) is 5.74. The zero-order valence-electron chi connectivity index (χ0n) is 13.0. The van der Waals surface area contributed by atoms with Gasteiger partial charge in [-0.3, -0.25) is 9.36 Å². The van der Waals surface area contributed by atoms with Crippen LogP contribution < -0.4 is 10.3 Å². The number of fused-ring (bicyclic) bond motifs is 2. The molecule has 0 saturated heterocycles. The first-order chi connectivity index (χ1) is 10.6. The fraction of sp³-hybridized carbons (Fsp3) is 0.412. The number of carbonyl (C=O) groups is 1. The first kappa shape index (κ1) is 14.6. The van der Waals surface area contributed by atoms with E-state index in [1.807, 2.05) is 13.8 Å². The zero-order chi connectivity index (χ0) is 15.9. The van der Waals surface area contributed by atoms with Crippen molar-refractivity contribution in [3.63, 3.8) is 0 Å². The fourth-order valence-corrected chi connectivity index (χ4v) is 2.92. The molecule has 1 aliphatic rings. The van der Waals surface area contributed by atoms with Gasteiger partial charge in [0.15, 0.2) is 0 Å². The molecule has 0 unspecified atom stereocenters. The van der Waals surface area contributed by atoms with E-state index < -0.39 is 5.97 Å². The average molecular weight is 301 g/mol. The van der Waals surface area contributed by atoms with Crippen molar-refractivity contribution in [3.8, 4) is 5.88 Å². The number of nitrogens with zero attached hydrogens (tertiary/aromatic N) is 1. The Hall–Kier alpha value is -2.30. The van der Waals surface area contributed by atoms with Gasteiger partial charge >= 0.3 is 5.97 Å². The molecule has 0 N–H and O–H groups in total. The lowest BCUT2D eigenvalue weighted by atomic mass is 10.0. The summed E-state index contributed by atoms with van der Waals surface area (Å²) in [5.41, 5.74) is 0.232. The summed E-state index contributed by atoms with van der Waals surface area (Å²) in [7, 11) is 0. The number of benzene rings is 1. The highest BCUT2D eigenvalue weighted by Crippen LogP contribution is 2.35. The van der Waals surface area contributed by atoms with E-state index in [-0.39, 0.29) is 24.1 Å². The zero-order valence-corrected chi connectivity index (χ0v) is 13.0. The number of pyridine rings is 1. The van der Waals surface area contributed by atoms with Crippen molar-refractivity contribution in [2.45, 2.75) is 26.8 Å². The molecular formula is C17H19NO4. The molecule has 22 heavy (non-hydrogen) atoms. The minimum absolute atomic E-state index is 0.0692. The molecule has 2 aromatic rings. The van der Waals surface area contributed by atoms with E-state index >= 15 is 0 Å². The van der Waals surface area contributed by atoms with E-state index in [4.69, 9.17) is 9.47 Å². The van der Waals surface area contributed by atoms with Crippen LogP contribution in [0.1, 0.15) is 37.2 Å². The van der Waals surface area contributed by atoms with E-state index in [9.17, 15) is 9.59 Å². The molecule has 5 nitrogen and oxygen atoms in total. The van der Waals surface area contributed by atoms with E-state index in [1.165, 1.54) is 0 Å². The smallest absolute Gasteiger partial charge is 0.344 e. The van der Waals surface area contributed by atoms with Crippen molar-refractivity contribution >= 4 is 16.7 Å². The Morgan fingerprint density at radius 3 is 2.68 bits per heavy atom. The molecule has 1 aromatic carbocycles. The Morgan fingerprint density at radius 2 is 2.05 bits per heavy atom. The Morgan fingerprint density at radius 1 is 1.36 bits per heavy atom. The van der Waals surface area contributed by atoms with Gasteiger partial charge in [0.05, 0.1) is 12.6 Å². The molecule has 0 radical (unpaired) electrons. The van der Waals surface area contributed by atoms with Gasteiger partial charge in [0.1, 0.15) is 12.2 Å². The summed E-state index contributed by atoms with van der Waals surface area (Å²) in [6, 6.07) is 7.03. The van der Waals surface area contributed by atoms with Gasteiger partial charge < -0.3 is 9.47 Å². The highest BCUT2D eigenvalue weighted by atomic mass is 16.5. The lowest BCUT2D eigenvalue weighted by molar-refractivity contribution is 0.0524. The van der Waals surface area contributed by atoms with Crippen LogP contribution >= 0.6 is 0 Å². The van der Waals surface area contributed by atoms with Crippen LogP contribution in [0, 0.1) is 5.92 Å². The number of aromatic nitrogens is 1. The maximum atomic E-state index is 12.8. The normalized spacial score (nSPS) is 16.6. The number of rotatable bonds is 3. The van der Waals surface area contributed by atoms with E-state index in [1.54, 1.807) is 35.8 Å². The van der Waals surface area contributed by atoms with Crippen molar-refractivity contribution in [1.29, 1.82) is 0 Å². The van der Waals surface area contributed by atoms with Crippen molar-refractivity contribution in [1.82, 2.24) is 4.57 Å². The molecule has 0 bridgehead atoms. The van der Waals surface area contributed by atoms with E-state index in [2.05, 4.69) is 0 Å². The summed E-state index contributed by atoms with van der Waals surface area (Å²) in [4.78, 5) is 25.2. The molecule has 5 heteroatoms. The molecule has 1 aromatic heterocycles. The summed E-state index contributed by atoms with van der Waals surface area (Å²) >= 11 is 0. The molecule has 0 aliphatic carbocycles. The van der Waals surface area contributed by atoms with Crippen molar-refractivity contribution in [3.05, 3.63) is 40.2 Å². The van der Waals surface area contributed by atoms with Crippen LogP contribution in [0.2, 0.25) is 0 Å². The van der Waals surface area contributed by atoms with Crippen LogP contribution in [0.4, 0.5) is 0 Å². The van der Waals surface area contributed by atoms with Gasteiger partial charge in [-0.25, -0.2) is 4.79 Å². The topological polar surface area (TPSA) is 57.5 Å². The second-order valence-electron chi connectivity index (χ2n) is 5.74. The quantitative estimate of drug-likeness (QED) is 0.818. The molecule has 116 valence electrons. The molecular weight excluding hydrogens is 282 g/mol. The fourth-order valence-electron chi connectivity index (χ4n) is 2.92. The molecule has 0 saturated carbocycles. The predicted molar refractivity (Wildman–Crippen MR) is 83.5 cm³/mol. The molecule has 0 amide bonds. The third-order valence-electron chi connectivity index (χ3n) is 4.05. The maximum Gasteiger partial charge on any atom is 0.344 e. The standard InChI is InChI=1S/C17H19NO4/c1-4-21-17(20)14-11-7-5-6-8-12(11)15(19)18-13(10(2)3)9-22-16(14)18/h5-8,10,13H,4,9H2,1-3H3/t13-/m1/s1. The summed E-state index contributed by atoms with van der Waals surface area (Å²) < 4.78 is 12.5. The Labute approximate surface area is 128 Å². The lowest BCUT2D eigenvalue weighted by Crippen LogP contribution is -2.26. The van der Waals surface area contributed by atoms with Crippen LogP contribution in [0.15, 0.2) is 29.1 Å². The van der Waals surface area contributed by atoms with Crippen LogP contribution in [-0.2, 0) is 4.74 Å². The summed E-state index contributed by atoms with van der Waals surface area (Å²) in [6.45, 7) is 6.51. The lowest BCUT2D eigenvalue weighted by Gasteiger charge is -2.17. The first-order valence-electron chi connectivity index (χ1n) is 7.53. The van der Waals surface area contributed by atoms with Crippen molar-refractivity contribution < 1.29 is 14.3 Å². The van der Waals surface area contributed by atoms with Crippen LogP contribution in [0.25, 0.3) is 10.8 Å². The van der Waals surface area contributed by atoms with Gasteiger partial charge in [-0.1, -0.05) is 32.0 Å². The Balaban J connectivity index is 2.37. The summed E-state index contributed by atoms with van der Waals surface area (Å²) in [5.74, 6) is 0.114. The SMILES string of the molecule is CCOC(=O)c1c2n(c(=O)c3ccccc13)[C@@H](C(C)C)CO2. The van der Waals surface area contributed by atoms with Crippen LogP contribution in [0.5, 0.6) is 5.88 Å². The van der Waals surface area contributed by atoms with Gasteiger partial charge in [0, 0.05) is 10.8 Å². The van der Waals surface area contributed by atoms with Gasteiger partial charge in [0.25, 0.3) is 5.56 Å². The number of carbonyl (C=O) groups excluding carboxylic acids is 1. The second kappa shape index (κ2) is 5.48. The van der Waals surface area contributed by atoms with Gasteiger partial charge in [0.2, 0.25) is 5.88 Å². The maximum absolute atomic E-state index is 12.8. The Kier molecular flexibility index (Phi) is 3.64. The molecule has 2 heterocycles. The third kappa shape index (κ3) is 2.08. The molecule has 0 spiro atoms. The van der Waals surface area contributed by atoms with Crippen LogP contribution in [-0.4, -0.2) is 23.8 Å². The molecule has 1 atom stereocenters. The van der Waals surface area contributed by atoms with Crippen molar-refractivity contribution in [2.24, 2.45) is 5.92 Å². The number of esters is 1. The van der Waals surface area contributed by atoms with Crippen molar-refractivity contribution in [2.75, 3.05) is 13.2 Å². The summed E-state index contributed by atoms with van der Waals surface area (Å²) in [6.07, 6.45) is 0. The van der Waals surface area contributed by atoms with Crippen LogP contribution in [0.3, 0.4) is 0 Å². The molecule has 3 rings (SSSR count). The van der Waals surface area contributed by atoms with E-state index in [0.29, 0.717) is 28.8 Å². The molecule has 1 aliphatic heterocycles. The third-order valence-corrected chi connectivity index (χ3v) is 4.05. The highest BCUT2D eigenvalue weighted by Gasteiger charge is 2.34. The Bertz CT molecular complexity index is 791. The monoisotopic (exact) mass is 301 g/mol. The minimum Gasteiger partial charge on any atom is -0.476 e. The largest absolute Gasteiger partial charge is 0.476 e. The number of hydrogen-bond donors (Lipinski definition) is 0.